The number of aromatic nitrogens is 1. The topological polar surface area (TPSA) is 57.5 Å². The molecule has 1 saturated carbocycles. The van der Waals surface area contributed by atoms with Crippen molar-refractivity contribution in [3.8, 4) is 5.75 Å². The van der Waals surface area contributed by atoms with Gasteiger partial charge in [0.1, 0.15) is 11.4 Å². The average molecular weight is 377 g/mol. The number of carbonyl (C=O) groups is 2. The molecule has 0 N–H and O–H groups in total. The van der Waals surface area contributed by atoms with Crippen molar-refractivity contribution in [2.45, 2.75) is 26.3 Å². The second-order valence-corrected chi connectivity index (χ2v) is 7.11. The van der Waals surface area contributed by atoms with E-state index < -0.39 is 5.97 Å². The molecular weight excluding hydrogens is 354 g/mol. The first kappa shape index (κ1) is 18.3. The van der Waals surface area contributed by atoms with Crippen molar-refractivity contribution in [3.05, 3.63) is 65.4 Å². The number of aldehydes is 1. The summed E-state index contributed by atoms with van der Waals surface area (Å²) in [6, 6.07) is 15.4. The Kier molecular flexibility index (Phi) is 5.15. The summed E-state index contributed by atoms with van der Waals surface area (Å²) < 4.78 is 13.0. The van der Waals surface area contributed by atoms with E-state index in [0.29, 0.717) is 23.7 Å². The third-order valence-electron chi connectivity index (χ3n) is 5.02. The van der Waals surface area contributed by atoms with Gasteiger partial charge in [-0.25, -0.2) is 4.79 Å². The zero-order valence-corrected chi connectivity index (χ0v) is 15.9. The second-order valence-electron chi connectivity index (χ2n) is 7.11. The molecule has 0 atom stereocenters. The third kappa shape index (κ3) is 3.65. The van der Waals surface area contributed by atoms with Gasteiger partial charge in [-0.05, 0) is 49.4 Å². The highest BCUT2D eigenvalue weighted by Gasteiger charge is 2.24. The molecule has 28 heavy (non-hydrogen) atoms. The van der Waals surface area contributed by atoms with Crippen LogP contribution in [-0.2, 0) is 11.3 Å². The van der Waals surface area contributed by atoms with Gasteiger partial charge in [0.25, 0.3) is 0 Å². The monoisotopic (exact) mass is 377 g/mol. The molecule has 1 aliphatic carbocycles. The van der Waals surface area contributed by atoms with Gasteiger partial charge < -0.3 is 14.0 Å². The lowest BCUT2D eigenvalue weighted by Gasteiger charge is -2.12. The summed E-state index contributed by atoms with van der Waals surface area (Å²) in [5.74, 6) is 1.03. The fourth-order valence-corrected chi connectivity index (χ4v) is 3.45. The minimum Gasteiger partial charge on any atom is -0.493 e. The lowest BCUT2D eigenvalue weighted by Crippen LogP contribution is -2.15. The van der Waals surface area contributed by atoms with Crippen LogP contribution in [0.15, 0.2) is 48.5 Å². The van der Waals surface area contributed by atoms with Crippen LogP contribution in [0.2, 0.25) is 0 Å². The van der Waals surface area contributed by atoms with Crippen molar-refractivity contribution in [1.82, 2.24) is 4.57 Å². The van der Waals surface area contributed by atoms with E-state index in [0.717, 1.165) is 35.1 Å². The number of fused-ring (bicyclic) bond motifs is 1. The molecular formula is C23H23NO4. The number of benzene rings is 2. The normalized spacial score (nSPS) is 13.5. The van der Waals surface area contributed by atoms with Crippen LogP contribution in [0.5, 0.6) is 5.75 Å². The number of para-hydroxylation sites is 1. The molecule has 0 amide bonds. The molecule has 1 heterocycles. The summed E-state index contributed by atoms with van der Waals surface area (Å²) in [5.41, 5.74) is 2.49. The molecule has 5 nitrogen and oxygen atoms in total. The summed E-state index contributed by atoms with van der Waals surface area (Å²) in [4.78, 5) is 24.4. The Morgan fingerprint density at radius 2 is 2.00 bits per heavy atom. The SMILES string of the molecule is CCOC(=O)c1c(C=O)c2ccccc2n1Cc1cccc(OCC2CC2)c1. The van der Waals surface area contributed by atoms with Crippen molar-refractivity contribution in [2.24, 2.45) is 5.92 Å². The van der Waals surface area contributed by atoms with Crippen LogP contribution >= 0.6 is 0 Å². The predicted octanol–water partition coefficient (Wildman–Crippen LogP) is 4.47. The molecule has 0 aliphatic heterocycles. The predicted molar refractivity (Wildman–Crippen MR) is 107 cm³/mol. The van der Waals surface area contributed by atoms with Crippen molar-refractivity contribution in [3.63, 3.8) is 0 Å². The summed E-state index contributed by atoms with van der Waals surface area (Å²) in [5, 5.41) is 0.752. The molecule has 0 radical (unpaired) electrons. The number of carbonyl (C=O) groups excluding carboxylic acids is 2. The maximum atomic E-state index is 12.6. The number of ether oxygens (including phenoxy) is 2. The molecule has 144 valence electrons. The molecule has 0 bridgehead atoms. The van der Waals surface area contributed by atoms with Gasteiger partial charge >= 0.3 is 5.97 Å². The Balaban J connectivity index is 1.73. The minimum atomic E-state index is -0.484. The van der Waals surface area contributed by atoms with E-state index in [1.165, 1.54) is 12.8 Å². The fraction of sp³-hybridized carbons (Fsp3) is 0.304. The third-order valence-corrected chi connectivity index (χ3v) is 5.02. The molecule has 1 aliphatic rings. The van der Waals surface area contributed by atoms with Gasteiger partial charge in [0.2, 0.25) is 0 Å². The van der Waals surface area contributed by atoms with Crippen molar-refractivity contribution >= 4 is 23.2 Å². The first-order valence-electron chi connectivity index (χ1n) is 9.66. The van der Waals surface area contributed by atoms with Gasteiger partial charge in [0, 0.05) is 17.4 Å². The minimum absolute atomic E-state index is 0.253. The van der Waals surface area contributed by atoms with Crippen LogP contribution in [-0.4, -0.2) is 30.0 Å². The maximum absolute atomic E-state index is 12.6. The summed E-state index contributed by atoms with van der Waals surface area (Å²) in [6.07, 6.45) is 3.22. The smallest absolute Gasteiger partial charge is 0.355 e. The molecule has 1 aromatic heterocycles. The summed E-state index contributed by atoms with van der Waals surface area (Å²) >= 11 is 0. The van der Waals surface area contributed by atoms with Crippen molar-refractivity contribution < 1.29 is 19.1 Å². The summed E-state index contributed by atoms with van der Waals surface area (Å²) in [6.45, 7) is 3.21. The highest BCUT2D eigenvalue weighted by atomic mass is 16.5. The van der Waals surface area contributed by atoms with Crippen molar-refractivity contribution in [1.29, 1.82) is 0 Å². The number of esters is 1. The standard InChI is InChI=1S/C23H23NO4/c1-2-27-23(26)22-20(14-25)19-8-3-4-9-21(19)24(22)13-17-6-5-7-18(12-17)28-15-16-10-11-16/h3-9,12,14,16H,2,10-11,13,15H2,1H3. The molecule has 1 fully saturated rings. The van der Waals surface area contributed by atoms with Crippen molar-refractivity contribution in [2.75, 3.05) is 13.2 Å². The molecule has 5 heteroatoms. The Labute approximate surface area is 163 Å². The van der Waals surface area contributed by atoms with E-state index in [1.54, 1.807) is 6.92 Å². The van der Waals surface area contributed by atoms with Gasteiger partial charge in [0.15, 0.2) is 6.29 Å². The first-order chi connectivity index (χ1) is 13.7. The van der Waals surface area contributed by atoms with Crippen LogP contribution in [0, 0.1) is 5.92 Å². The van der Waals surface area contributed by atoms with Crippen LogP contribution in [0.25, 0.3) is 10.9 Å². The average Bonchev–Trinajstić information content (AvgIpc) is 3.49. The molecule has 0 saturated heterocycles. The first-order valence-corrected chi connectivity index (χ1v) is 9.66. The molecule has 0 spiro atoms. The number of hydrogen-bond acceptors (Lipinski definition) is 4. The second kappa shape index (κ2) is 7.89. The lowest BCUT2D eigenvalue weighted by atomic mass is 10.1. The Morgan fingerprint density at radius 3 is 2.75 bits per heavy atom. The molecule has 3 aromatic rings. The Bertz CT molecular complexity index is 1020. The summed E-state index contributed by atoms with van der Waals surface area (Å²) in [7, 11) is 0. The number of rotatable bonds is 8. The van der Waals surface area contributed by atoms with Crippen LogP contribution in [0.1, 0.15) is 46.2 Å². The van der Waals surface area contributed by atoms with E-state index in [-0.39, 0.29) is 6.61 Å². The zero-order chi connectivity index (χ0) is 19.5. The lowest BCUT2D eigenvalue weighted by molar-refractivity contribution is 0.0513. The van der Waals surface area contributed by atoms with Gasteiger partial charge in [-0.15, -0.1) is 0 Å². The van der Waals surface area contributed by atoms with Gasteiger partial charge in [-0.3, -0.25) is 4.79 Å². The quantitative estimate of drug-likeness (QED) is 0.429. The molecule has 0 unspecified atom stereocenters. The Morgan fingerprint density at radius 1 is 1.18 bits per heavy atom. The number of nitrogens with zero attached hydrogens (tertiary/aromatic N) is 1. The maximum Gasteiger partial charge on any atom is 0.355 e. The highest BCUT2D eigenvalue weighted by Crippen LogP contribution is 2.30. The molecule has 4 rings (SSSR count). The van der Waals surface area contributed by atoms with E-state index in [2.05, 4.69) is 0 Å². The van der Waals surface area contributed by atoms with Gasteiger partial charge in [0.05, 0.1) is 18.8 Å². The van der Waals surface area contributed by atoms with Gasteiger partial charge in [-0.2, -0.15) is 0 Å². The van der Waals surface area contributed by atoms with Crippen LogP contribution in [0.4, 0.5) is 0 Å². The van der Waals surface area contributed by atoms with Crippen LogP contribution in [0.3, 0.4) is 0 Å². The Hall–Kier alpha value is -3.08. The van der Waals surface area contributed by atoms with E-state index >= 15 is 0 Å². The van der Waals surface area contributed by atoms with E-state index in [9.17, 15) is 9.59 Å². The zero-order valence-electron chi connectivity index (χ0n) is 15.9. The number of hydrogen-bond donors (Lipinski definition) is 0. The van der Waals surface area contributed by atoms with Gasteiger partial charge in [-0.1, -0.05) is 30.3 Å². The van der Waals surface area contributed by atoms with E-state index in [4.69, 9.17) is 9.47 Å². The fourth-order valence-electron chi connectivity index (χ4n) is 3.45. The van der Waals surface area contributed by atoms with E-state index in [1.807, 2.05) is 53.1 Å². The highest BCUT2D eigenvalue weighted by molar-refractivity contribution is 6.08. The van der Waals surface area contributed by atoms with Crippen LogP contribution < -0.4 is 4.74 Å². The molecule has 2 aromatic carbocycles. The largest absolute Gasteiger partial charge is 0.493 e.